The lowest BCUT2D eigenvalue weighted by atomic mass is 9.93. The first-order chi connectivity index (χ1) is 14.6. The molecule has 11 heteroatoms. The van der Waals surface area contributed by atoms with E-state index in [1.165, 1.54) is 6.92 Å². The number of allylic oxidation sites excluding steroid dienone is 1. The fourth-order valence-electron chi connectivity index (χ4n) is 3.44. The standard InChI is InChI=1S/C20H15F4N5O2/c1-9-15(18(30)27-11-5-6-14-10(7-11)8-25-29-14)17(28-19(31)26-9)12-3-2-4-13(16(12)21)20(22,23)24/h2-8,17H,1H3,(H,25,29)(H,27,30)(H2,26,28,31). The highest BCUT2D eigenvalue weighted by Crippen LogP contribution is 2.36. The number of anilines is 1. The molecule has 0 bridgehead atoms. The van der Waals surface area contributed by atoms with Crippen LogP contribution >= 0.6 is 0 Å². The molecular formula is C20H15F4N5O2. The lowest BCUT2D eigenvalue weighted by molar-refractivity contribution is -0.140. The van der Waals surface area contributed by atoms with E-state index in [-0.39, 0.29) is 11.3 Å². The number of halogens is 4. The highest BCUT2D eigenvalue weighted by Gasteiger charge is 2.38. The molecule has 3 aromatic rings. The smallest absolute Gasteiger partial charge is 0.327 e. The molecule has 4 N–H and O–H groups in total. The molecule has 1 aromatic heterocycles. The summed E-state index contributed by atoms with van der Waals surface area (Å²) in [7, 11) is 0. The van der Waals surface area contributed by atoms with Crippen molar-refractivity contribution < 1.29 is 27.2 Å². The predicted octanol–water partition coefficient (Wildman–Crippen LogP) is 3.99. The normalized spacial score (nSPS) is 16.8. The third-order valence-corrected chi connectivity index (χ3v) is 4.86. The first-order valence-corrected chi connectivity index (χ1v) is 9.03. The summed E-state index contributed by atoms with van der Waals surface area (Å²) in [4.78, 5) is 25.0. The van der Waals surface area contributed by atoms with Gasteiger partial charge < -0.3 is 16.0 Å². The monoisotopic (exact) mass is 433 g/mol. The third kappa shape index (κ3) is 3.81. The summed E-state index contributed by atoms with van der Waals surface area (Å²) in [6, 6.07) is 5.45. The van der Waals surface area contributed by atoms with Crippen molar-refractivity contribution in [1.29, 1.82) is 0 Å². The molecular weight excluding hydrogens is 418 g/mol. The van der Waals surface area contributed by atoms with Crippen molar-refractivity contribution >= 4 is 28.5 Å². The van der Waals surface area contributed by atoms with Crippen LogP contribution in [-0.4, -0.2) is 22.1 Å². The Kier molecular flexibility index (Phi) is 4.88. The van der Waals surface area contributed by atoms with Gasteiger partial charge in [-0.3, -0.25) is 9.89 Å². The van der Waals surface area contributed by atoms with Gasteiger partial charge in [-0.25, -0.2) is 9.18 Å². The Morgan fingerprint density at radius 2 is 1.97 bits per heavy atom. The molecule has 2 aromatic carbocycles. The Labute approximate surface area is 172 Å². The number of nitrogens with one attached hydrogen (secondary N) is 4. The van der Waals surface area contributed by atoms with E-state index in [1.807, 2.05) is 0 Å². The van der Waals surface area contributed by atoms with Crippen LogP contribution in [0, 0.1) is 5.82 Å². The van der Waals surface area contributed by atoms with Crippen molar-refractivity contribution in [3.63, 3.8) is 0 Å². The van der Waals surface area contributed by atoms with Gasteiger partial charge in [0.25, 0.3) is 5.91 Å². The summed E-state index contributed by atoms with van der Waals surface area (Å²) in [5.74, 6) is -2.27. The van der Waals surface area contributed by atoms with Gasteiger partial charge in [0.2, 0.25) is 0 Å². The van der Waals surface area contributed by atoms with Gasteiger partial charge in [-0.15, -0.1) is 0 Å². The fourth-order valence-corrected chi connectivity index (χ4v) is 3.44. The molecule has 1 aliphatic rings. The zero-order valence-corrected chi connectivity index (χ0v) is 15.9. The van der Waals surface area contributed by atoms with Crippen molar-refractivity contribution in [2.24, 2.45) is 0 Å². The highest BCUT2D eigenvalue weighted by atomic mass is 19.4. The van der Waals surface area contributed by atoms with Crippen molar-refractivity contribution in [1.82, 2.24) is 20.8 Å². The number of alkyl halides is 3. The lowest BCUT2D eigenvalue weighted by Gasteiger charge is -2.29. The quantitative estimate of drug-likeness (QED) is 0.470. The zero-order chi connectivity index (χ0) is 22.3. The van der Waals surface area contributed by atoms with E-state index < -0.39 is 41.1 Å². The summed E-state index contributed by atoms with van der Waals surface area (Å²) in [6.07, 6.45) is -3.38. The molecule has 0 fully saturated rings. The summed E-state index contributed by atoms with van der Waals surface area (Å²) in [6.45, 7) is 1.41. The van der Waals surface area contributed by atoms with Gasteiger partial charge in [0.05, 0.1) is 28.9 Å². The Hall–Kier alpha value is -3.89. The number of benzene rings is 2. The maximum Gasteiger partial charge on any atom is 0.419 e. The molecule has 1 aliphatic heterocycles. The minimum atomic E-state index is -4.93. The minimum Gasteiger partial charge on any atom is -0.327 e. The Morgan fingerprint density at radius 3 is 2.71 bits per heavy atom. The van der Waals surface area contributed by atoms with Gasteiger partial charge >= 0.3 is 12.2 Å². The van der Waals surface area contributed by atoms with Gasteiger partial charge in [-0.1, -0.05) is 12.1 Å². The maximum atomic E-state index is 14.8. The lowest BCUT2D eigenvalue weighted by Crippen LogP contribution is -2.46. The van der Waals surface area contributed by atoms with E-state index in [4.69, 9.17) is 0 Å². The molecule has 0 spiro atoms. The van der Waals surface area contributed by atoms with E-state index >= 15 is 0 Å². The molecule has 0 saturated carbocycles. The third-order valence-electron chi connectivity index (χ3n) is 4.86. The first-order valence-electron chi connectivity index (χ1n) is 9.03. The van der Waals surface area contributed by atoms with Crippen LogP contribution in [0.5, 0.6) is 0 Å². The number of aromatic nitrogens is 2. The van der Waals surface area contributed by atoms with Crippen LogP contribution < -0.4 is 16.0 Å². The van der Waals surface area contributed by atoms with Crippen molar-refractivity contribution in [2.75, 3.05) is 5.32 Å². The molecule has 0 aliphatic carbocycles. The number of hydrogen-bond acceptors (Lipinski definition) is 3. The van der Waals surface area contributed by atoms with Crippen LogP contribution in [-0.2, 0) is 11.0 Å². The van der Waals surface area contributed by atoms with Crippen LogP contribution in [0.4, 0.5) is 28.0 Å². The molecule has 31 heavy (non-hydrogen) atoms. The average Bonchev–Trinajstić information content (AvgIpc) is 3.14. The molecule has 3 amide bonds. The highest BCUT2D eigenvalue weighted by molar-refractivity contribution is 6.07. The van der Waals surface area contributed by atoms with Gasteiger partial charge in [0.1, 0.15) is 5.82 Å². The minimum absolute atomic E-state index is 0.0902. The van der Waals surface area contributed by atoms with E-state index in [1.54, 1.807) is 24.4 Å². The summed E-state index contributed by atoms with van der Waals surface area (Å²) >= 11 is 0. The Morgan fingerprint density at radius 1 is 1.19 bits per heavy atom. The summed E-state index contributed by atoms with van der Waals surface area (Å²) in [5.41, 5.74) is -0.860. The van der Waals surface area contributed by atoms with E-state index in [0.29, 0.717) is 11.8 Å². The van der Waals surface area contributed by atoms with Gasteiger partial charge in [-0.05, 0) is 31.2 Å². The van der Waals surface area contributed by atoms with Crippen LogP contribution in [0.2, 0.25) is 0 Å². The molecule has 2 heterocycles. The van der Waals surface area contributed by atoms with Gasteiger partial charge in [0.15, 0.2) is 0 Å². The molecule has 1 unspecified atom stereocenters. The van der Waals surface area contributed by atoms with Crippen molar-refractivity contribution in [3.8, 4) is 0 Å². The van der Waals surface area contributed by atoms with Gasteiger partial charge in [0, 0.05) is 22.3 Å². The first kappa shape index (κ1) is 20.4. The SMILES string of the molecule is CC1=C(C(=O)Nc2ccc3[nH]ncc3c2)C(c2cccc(C(F)(F)F)c2F)NC(=O)N1. The Bertz CT molecular complexity index is 1230. The summed E-state index contributed by atoms with van der Waals surface area (Å²) < 4.78 is 54.2. The Balaban J connectivity index is 1.73. The topological polar surface area (TPSA) is 98.9 Å². The number of carbonyl (C=O) groups excluding carboxylic acids is 2. The molecule has 0 radical (unpaired) electrons. The number of rotatable bonds is 3. The zero-order valence-electron chi connectivity index (χ0n) is 15.9. The molecule has 4 rings (SSSR count). The number of carbonyl (C=O) groups is 2. The van der Waals surface area contributed by atoms with Crippen molar-refractivity contribution in [2.45, 2.75) is 19.1 Å². The largest absolute Gasteiger partial charge is 0.419 e. The maximum absolute atomic E-state index is 14.8. The van der Waals surface area contributed by atoms with E-state index in [0.717, 1.165) is 23.0 Å². The fraction of sp³-hybridized carbons (Fsp3) is 0.150. The molecule has 1 atom stereocenters. The molecule has 160 valence electrons. The van der Waals surface area contributed by atoms with Crippen LogP contribution in [0.3, 0.4) is 0 Å². The number of hydrogen-bond donors (Lipinski definition) is 4. The number of aromatic amines is 1. The second-order valence-corrected chi connectivity index (χ2v) is 6.90. The van der Waals surface area contributed by atoms with E-state index in [9.17, 15) is 27.2 Å². The molecule has 0 saturated heterocycles. The second kappa shape index (κ2) is 7.42. The van der Waals surface area contributed by atoms with Crippen LogP contribution in [0.25, 0.3) is 10.9 Å². The number of nitrogens with zero attached hydrogens (tertiary/aromatic N) is 1. The number of H-pyrrole nitrogens is 1. The van der Waals surface area contributed by atoms with Gasteiger partial charge in [-0.2, -0.15) is 18.3 Å². The average molecular weight is 433 g/mol. The number of fused-ring (bicyclic) bond motifs is 1. The predicted molar refractivity (Wildman–Crippen MR) is 103 cm³/mol. The summed E-state index contributed by atoms with van der Waals surface area (Å²) in [5, 5.41) is 14.7. The second-order valence-electron chi connectivity index (χ2n) is 6.90. The number of urea groups is 1. The van der Waals surface area contributed by atoms with Crippen LogP contribution in [0.1, 0.15) is 24.1 Å². The van der Waals surface area contributed by atoms with Crippen molar-refractivity contribution in [3.05, 3.63) is 70.8 Å². The molecule has 7 nitrogen and oxygen atoms in total. The van der Waals surface area contributed by atoms with Crippen LogP contribution in [0.15, 0.2) is 53.9 Å². The van der Waals surface area contributed by atoms with E-state index in [2.05, 4.69) is 26.1 Å². The number of amides is 3.